The van der Waals surface area contributed by atoms with Crippen molar-refractivity contribution in [1.29, 1.82) is 0 Å². The van der Waals surface area contributed by atoms with Crippen LogP contribution >= 0.6 is 0 Å². The summed E-state index contributed by atoms with van der Waals surface area (Å²) in [4.78, 5) is 1.54. The van der Waals surface area contributed by atoms with Crippen LogP contribution in [0.4, 0.5) is 0 Å². The summed E-state index contributed by atoms with van der Waals surface area (Å²) in [7, 11) is 4.46. The normalized spacial score (nSPS) is 12.1. The van der Waals surface area contributed by atoms with Crippen molar-refractivity contribution in [2.75, 3.05) is 20.6 Å². The zero-order valence-corrected chi connectivity index (χ0v) is 14.0. The zero-order valence-electron chi connectivity index (χ0n) is 14.0. The summed E-state index contributed by atoms with van der Waals surface area (Å²) in [5.74, 6) is 0. The van der Waals surface area contributed by atoms with Crippen LogP contribution in [0.5, 0.6) is 0 Å². The van der Waals surface area contributed by atoms with E-state index in [2.05, 4.69) is 68.7 Å². The first-order valence-corrected chi connectivity index (χ1v) is 8.68. The Morgan fingerprint density at radius 2 is 1.35 bits per heavy atom. The molecule has 0 fully saturated rings. The van der Waals surface area contributed by atoms with Crippen molar-refractivity contribution < 1.29 is 4.90 Å². The molecule has 4 aromatic carbocycles. The largest absolute Gasteiger partial charge is 0.340 e. The third kappa shape index (κ3) is 2.55. The van der Waals surface area contributed by atoms with Crippen molar-refractivity contribution in [2.24, 2.45) is 0 Å². The van der Waals surface area contributed by atoms with E-state index in [4.69, 9.17) is 0 Å². The molecular formula is C22H24N+. The highest BCUT2D eigenvalue weighted by atomic mass is 15.0. The highest BCUT2D eigenvalue weighted by Crippen LogP contribution is 2.36. The molecule has 0 amide bonds. The van der Waals surface area contributed by atoms with Gasteiger partial charge in [-0.25, -0.2) is 0 Å². The van der Waals surface area contributed by atoms with E-state index in [1.807, 2.05) is 0 Å². The van der Waals surface area contributed by atoms with Crippen LogP contribution in [0.15, 0.2) is 54.6 Å². The van der Waals surface area contributed by atoms with Gasteiger partial charge in [-0.1, -0.05) is 54.6 Å². The van der Waals surface area contributed by atoms with Crippen LogP contribution in [0.1, 0.15) is 18.4 Å². The molecule has 1 heteroatoms. The van der Waals surface area contributed by atoms with Crippen LogP contribution in [0.25, 0.3) is 32.3 Å². The van der Waals surface area contributed by atoms with Gasteiger partial charge in [-0.2, -0.15) is 0 Å². The van der Waals surface area contributed by atoms with E-state index in [-0.39, 0.29) is 0 Å². The summed E-state index contributed by atoms with van der Waals surface area (Å²) in [6.07, 6.45) is 3.75. The summed E-state index contributed by atoms with van der Waals surface area (Å²) in [5, 5.41) is 8.41. The second-order valence-electron chi connectivity index (χ2n) is 6.99. The fraction of sp³-hybridized carbons (Fsp3) is 0.273. The second kappa shape index (κ2) is 5.82. The van der Waals surface area contributed by atoms with Crippen molar-refractivity contribution in [1.82, 2.24) is 0 Å². The van der Waals surface area contributed by atoms with Crippen molar-refractivity contribution in [3.63, 3.8) is 0 Å². The van der Waals surface area contributed by atoms with Crippen molar-refractivity contribution in [3.05, 3.63) is 60.2 Å². The lowest BCUT2D eigenvalue weighted by Crippen LogP contribution is -3.05. The number of hydrogen-bond acceptors (Lipinski definition) is 0. The molecule has 0 aliphatic carbocycles. The SMILES string of the molecule is C[NH+](C)CCCCc1ccc2ccc3cccc4ccc1c2c34. The molecule has 23 heavy (non-hydrogen) atoms. The molecule has 0 aliphatic heterocycles. The number of unbranched alkanes of at least 4 members (excludes halogenated alkanes) is 1. The predicted molar refractivity (Wildman–Crippen MR) is 101 cm³/mol. The molecule has 0 saturated heterocycles. The lowest BCUT2D eigenvalue weighted by Gasteiger charge is -2.14. The van der Waals surface area contributed by atoms with Gasteiger partial charge in [0.25, 0.3) is 0 Å². The van der Waals surface area contributed by atoms with E-state index in [0.717, 1.165) is 0 Å². The van der Waals surface area contributed by atoms with E-state index in [9.17, 15) is 0 Å². The number of quaternary nitrogens is 1. The van der Waals surface area contributed by atoms with Crippen LogP contribution < -0.4 is 4.90 Å². The smallest absolute Gasteiger partial charge is 0.0766 e. The van der Waals surface area contributed by atoms with E-state index >= 15 is 0 Å². The fourth-order valence-corrected chi connectivity index (χ4v) is 3.81. The molecule has 1 nitrogen and oxygen atoms in total. The maximum Gasteiger partial charge on any atom is 0.0766 e. The first-order chi connectivity index (χ1) is 11.2. The van der Waals surface area contributed by atoms with Gasteiger partial charge in [-0.05, 0) is 57.1 Å². The van der Waals surface area contributed by atoms with Gasteiger partial charge in [0.2, 0.25) is 0 Å². The monoisotopic (exact) mass is 302 g/mol. The molecule has 1 N–H and O–H groups in total. The van der Waals surface area contributed by atoms with Crippen LogP contribution in [0, 0.1) is 0 Å². The van der Waals surface area contributed by atoms with Gasteiger partial charge in [0.05, 0.1) is 20.6 Å². The summed E-state index contributed by atoms with van der Waals surface area (Å²) in [6, 6.07) is 20.4. The minimum atomic E-state index is 1.18. The Balaban J connectivity index is 1.80. The molecule has 0 spiro atoms. The first-order valence-electron chi connectivity index (χ1n) is 8.68. The summed E-state index contributed by atoms with van der Waals surface area (Å²) >= 11 is 0. The van der Waals surface area contributed by atoms with Gasteiger partial charge in [0.15, 0.2) is 0 Å². The average Bonchev–Trinajstić information content (AvgIpc) is 2.57. The highest BCUT2D eigenvalue weighted by molar-refractivity contribution is 6.23. The Kier molecular flexibility index (Phi) is 3.66. The van der Waals surface area contributed by atoms with Gasteiger partial charge < -0.3 is 4.90 Å². The Hall–Kier alpha value is -2.12. The van der Waals surface area contributed by atoms with Crippen molar-refractivity contribution >= 4 is 32.3 Å². The molecule has 0 saturated carbocycles. The molecule has 0 aromatic heterocycles. The van der Waals surface area contributed by atoms with Crippen LogP contribution in [-0.2, 0) is 6.42 Å². The highest BCUT2D eigenvalue weighted by Gasteiger charge is 2.10. The molecule has 0 atom stereocenters. The molecule has 0 bridgehead atoms. The maximum atomic E-state index is 2.34. The number of benzene rings is 4. The van der Waals surface area contributed by atoms with Crippen LogP contribution in [-0.4, -0.2) is 20.6 Å². The van der Waals surface area contributed by atoms with E-state index in [0.29, 0.717) is 0 Å². The molecule has 4 rings (SSSR count). The Labute approximate surface area is 137 Å². The lowest BCUT2D eigenvalue weighted by atomic mass is 9.90. The third-order valence-electron chi connectivity index (χ3n) is 4.99. The van der Waals surface area contributed by atoms with Crippen LogP contribution in [0.2, 0.25) is 0 Å². The molecule has 0 unspecified atom stereocenters. The van der Waals surface area contributed by atoms with E-state index < -0.39 is 0 Å². The molecule has 116 valence electrons. The van der Waals surface area contributed by atoms with Gasteiger partial charge in [0, 0.05) is 0 Å². The zero-order chi connectivity index (χ0) is 15.8. The number of hydrogen-bond donors (Lipinski definition) is 1. The fourth-order valence-electron chi connectivity index (χ4n) is 3.81. The number of nitrogens with one attached hydrogen (secondary N) is 1. The Morgan fingerprint density at radius 3 is 2.09 bits per heavy atom. The van der Waals surface area contributed by atoms with Crippen molar-refractivity contribution in [3.8, 4) is 0 Å². The van der Waals surface area contributed by atoms with Gasteiger partial charge >= 0.3 is 0 Å². The average molecular weight is 302 g/mol. The summed E-state index contributed by atoms with van der Waals surface area (Å²) in [5.41, 5.74) is 1.50. The summed E-state index contributed by atoms with van der Waals surface area (Å²) in [6.45, 7) is 1.26. The maximum absolute atomic E-state index is 2.34. The molecule has 4 aromatic rings. The van der Waals surface area contributed by atoms with E-state index in [1.54, 1.807) is 4.90 Å². The summed E-state index contributed by atoms with van der Waals surface area (Å²) < 4.78 is 0. The van der Waals surface area contributed by atoms with E-state index in [1.165, 1.54) is 63.7 Å². The van der Waals surface area contributed by atoms with Crippen molar-refractivity contribution in [2.45, 2.75) is 19.3 Å². The molecule has 0 radical (unpaired) electrons. The predicted octanol–water partition coefficient (Wildman–Crippen LogP) is 4.05. The Bertz CT molecular complexity index is 936. The topological polar surface area (TPSA) is 4.44 Å². The second-order valence-corrected chi connectivity index (χ2v) is 6.99. The van der Waals surface area contributed by atoms with Gasteiger partial charge in [-0.3, -0.25) is 0 Å². The first kappa shape index (κ1) is 14.5. The van der Waals surface area contributed by atoms with Crippen LogP contribution in [0.3, 0.4) is 0 Å². The standard InChI is InChI=1S/C22H23N/c1-23(2)15-4-3-6-16-9-10-19-12-11-17-7-5-8-18-13-14-20(16)22(19)21(17)18/h5,7-14H,3-4,6,15H2,1-2H3/p+1. The van der Waals surface area contributed by atoms with Gasteiger partial charge in [0.1, 0.15) is 0 Å². The molecule has 0 heterocycles. The number of rotatable bonds is 5. The minimum Gasteiger partial charge on any atom is -0.340 e. The number of aryl methyl sites for hydroxylation is 1. The molecular weight excluding hydrogens is 278 g/mol. The quantitative estimate of drug-likeness (QED) is 0.419. The van der Waals surface area contributed by atoms with Gasteiger partial charge in [-0.15, -0.1) is 0 Å². The minimum absolute atomic E-state index is 1.18. The molecule has 0 aliphatic rings. The lowest BCUT2D eigenvalue weighted by molar-refractivity contribution is -0.858. The Morgan fingerprint density at radius 1 is 0.696 bits per heavy atom. The third-order valence-corrected chi connectivity index (χ3v) is 4.99.